The van der Waals surface area contributed by atoms with Crippen molar-refractivity contribution >= 4 is 67.9 Å². The smallest absolute Gasteiger partial charge is 0.272 e. The summed E-state index contributed by atoms with van der Waals surface area (Å²) in [6.45, 7) is 2.01. The van der Waals surface area contributed by atoms with Gasteiger partial charge < -0.3 is 16.0 Å². The summed E-state index contributed by atoms with van der Waals surface area (Å²) >= 11 is 2.75. The predicted molar refractivity (Wildman–Crippen MR) is 191 cm³/mol. The number of hydrogen-bond acceptors (Lipinski definition) is 6. The third kappa shape index (κ3) is 8.22. The average molecular weight is 673 g/mol. The third-order valence-electron chi connectivity index (χ3n) is 7.17. The minimum atomic E-state index is -0.620. The lowest BCUT2D eigenvalue weighted by Gasteiger charge is -2.17. The van der Waals surface area contributed by atoms with E-state index in [1.54, 1.807) is 48.5 Å². The van der Waals surface area contributed by atoms with Gasteiger partial charge in [0.25, 0.3) is 11.8 Å². The van der Waals surface area contributed by atoms with Crippen LogP contribution in [0.5, 0.6) is 0 Å². The topological polar surface area (TPSA) is 100 Å². The Morgan fingerprint density at radius 3 is 2.29 bits per heavy atom. The van der Waals surface area contributed by atoms with Gasteiger partial charge in [0.05, 0.1) is 10.2 Å². The van der Waals surface area contributed by atoms with Crippen LogP contribution in [0, 0.1) is 12.7 Å². The van der Waals surface area contributed by atoms with E-state index in [0.717, 1.165) is 26.2 Å². The number of aryl methyl sites for hydroxylation is 1. The van der Waals surface area contributed by atoms with Crippen LogP contribution in [0.4, 0.5) is 15.2 Å². The number of nitrogens with zero attached hydrogens (tertiary/aromatic N) is 1. The first-order valence-electron chi connectivity index (χ1n) is 15.0. The van der Waals surface area contributed by atoms with E-state index in [0.29, 0.717) is 21.9 Å². The first kappa shape index (κ1) is 32.4. The molecule has 48 heavy (non-hydrogen) atoms. The summed E-state index contributed by atoms with van der Waals surface area (Å²) < 4.78 is 14.5. The van der Waals surface area contributed by atoms with Crippen LogP contribution in [-0.4, -0.2) is 22.7 Å². The number of aromatic nitrogens is 1. The number of rotatable bonds is 10. The van der Waals surface area contributed by atoms with Gasteiger partial charge in [-0.2, -0.15) is 0 Å². The van der Waals surface area contributed by atoms with Crippen molar-refractivity contribution in [3.63, 3.8) is 0 Å². The Kier molecular flexibility index (Phi) is 10.0. The molecule has 0 aliphatic carbocycles. The van der Waals surface area contributed by atoms with Crippen molar-refractivity contribution in [1.29, 1.82) is 0 Å². The number of fused-ring (bicyclic) bond motifs is 1. The minimum absolute atomic E-state index is 0.0268. The van der Waals surface area contributed by atoms with E-state index in [4.69, 9.17) is 0 Å². The number of benzene rings is 5. The summed E-state index contributed by atoms with van der Waals surface area (Å²) in [5.74, 6) is -1.69. The van der Waals surface area contributed by atoms with Crippen molar-refractivity contribution in [3.05, 3.63) is 161 Å². The zero-order valence-electron chi connectivity index (χ0n) is 25.6. The van der Waals surface area contributed by atoms with E-state index in [-0.39, 0.29) is 11.6 Å². The second-order valence-corrected chi connectivity index (χ2v) is 13.0. The van der Waals surface area contributed by atoms with Crippen molar-refractivity contribution in [2.24, 2.45) is 0 Å². The van der Waals surface area contributed by atoms with Gasteiger partial charge in [0.1, 0.15) is 16.8 Å². The third-order valence-corrected chi connectivity index (χ3v) is 9.35. The zero-order valence-corrected chi connectivity index (χ0v) is 27.3. The first-order valence-corrected chi connectivity index (χ1v) is 16.6. The molecule has 0 spiro atoms. The van der Waals surface area contributed by atoms with Crippen molar-refractivity contribution in [2.45, 2.75) is 17.1 Å². The van der Waals surface area contributed by atoms with Gasteiger partial charge in [-0.05, 0) is 84.3 Å². The molecule has 1 unspecified atom stereocenters. The van der Waals surface area contributed by atoms with Crippen LogP contribution >= 0.6 is 23.1 Å². The molecule has 0 saturated heterocycles. The van der Waals surface area contributed by atoms with E-state index in [1.165, 1.54) is 53.4 Å². The summed E-state index contributed by atoms with van der Waals surface area (Å²) in [5, 5.41) is 8.43. The van der Waals surface area contributed by atoms with E-state index < -0.39 is 22.9 Å². The van der Waals surface area contributed by atoms with Gasteiger partial charge in [-0.1, -0.05) is 84.1 Å². The molecular formula is C38H29FN4O3S2. The molecule has 10 heteroatoms. The molecule has 238 valence electrons. The molecule has 6 aromatic rings. The minimum Gasteiger partial charge on any atom is -0.321 e. The summed E-state index contributed by atoms with van der Waals surface area (Å²) in [7, 11) is 0. The normalized spacial score (nSPS) is 11.9. The SMILES string of the molecule is Cc1ccc2nc(NC(=O)C(Sc3cccc(NC(=O)/C(=C/c4ccc(F)cc4)NC(=O)c4ccccc4)c3)c3ccccc3)sc2c1. The van der Waals surface area contributed by atoms with Crippen LogP contribution in [0.15, 0.2) is 138 Å². The Balaban J connectivity index is 1.22. The van der Waals surface area contributed by atoms with E-state index in [9.17, 15) is 18.8 Å². The van der Waals surface area contributed by atoms with Crippen LogP contribution in [0.25, 0.3) is 16.3 Å². The summed E-state index contributed by atoms with van der Waals surface area (Å²) in [6, 6.07) is 36.6. The fourth-order valence-electron chi connectivity index (χ4n) is 4.81. The van der Waals surface area contributed by atoms with Gasteiger partial charge in [-0.3, -0.25) is 14.4 Å². The largest absolute Gasteiger partial charge is 0.321 e. The molecule has 0 radical (unpaired) electrons. The summed E-state index contributed by atoms with van der Waals surface area (Å²) in [5.41, 5.74) is 4.07. The molecule has 1 heterocycles. The van der Waals surface area contributed by atoms with E-state index in [1.807, 2.05) is 61.5 Å². The lowest BCUT2D eigenvalue weighted by Crippen LogP contribution is -2.30. The predicted octanol–water partition coefficient (Wildman–Crippen LogP) is 8.63. The molecule has 0 bridgehead atoms. The number of nitrogens with one attached hydrogen (secondary N) is 3. The van der Waals surface area contributed by atoms with Crippen molar-refractivity contribution in [3.8, 4) is 0 Å². The Morgan fingerprint density at radius 2 is 1.54 bits per heavy atom. The van der Waals surface area contributed by atoms with Gasteiger partial charge in [-0.15, -0.1) is 11.8 Å². The van der Waals surface area contributed by atoms with E-state index in [2.05, 4.69) is 20.9 Å². The molecule has 1 aromatic heterocycles. The highest BCUT2D eigenvalue weighted by atomic mass is 32.2. The quantitative estimate of drug-likeness (QED) is 0.1000. The number of anilines is 2. The Bertz CT molecular complexity index is 2120. The highest BCUT2D eigenvalue weighted by Gasteiger charge is 2.24. The molecule has 6 rings (SSSR count). The van der Waals surface area contributed by atoms with Gasteiger partial charge in [0.15, 0.2) is 5.13 Å². The van der Waals surface area contributed by atoms with Gasteiger partial charge >= 0.3 is 0 Å². The average Bonchev–Trinajstić information content (AvgIpc) is 3.50. The van der Waals surface area contributed by atoms with Crippen LogP contribution in [0.3, 0.4) is 0 Å². The molecule has 7 nitrogen and oxygen atoms in total. The summed E-state index contributed by atoms with van der Waals surface area (Å²) in [6.07, 6.45) is 1.48. The first-order chi connectivity index (χ1) is 23.3. The molecule has 5 aromatic carbocycles. The lowest BCUT2D eigenvalue weighted by molar-refractivity contribution is -0.116. The Morgan fingerprint density at radius 1 is 0.812 bits per heavy atom. The summed E-state index contributed by atoms with van der Waals surface area (Å²) in [4.78, 5) is 45.6. The monoisotopic (exact) mass is 672 g/mol. The molecule has 1 atom stereocenters. The maximum Gasteiger partial charge on any atom is 0.272 e. The number of carbonyl (C=O) groups excluding carboxylic acids is 3. The Labute approximate surface area is 284 Å². The van der Waals surface area contributed by atoms with Gasteiger partial charge in [0.2, 0.25) is 5.91 Å². The zero-order chi connectivity index (χ0) is 33.5. The van der Waals surface area contributed by atoms with Crippen LogP contribution in [0.2, 0.25) is 0 Å². The van der Waals surface area contributed by atoms with Crippen molar-refractivity contribution < 1.29 is 18.8 Å². The van der Waals surface area contributed by atoms with Gasteiger partial charge in [-0.25, -0.2) is 9.37 Å². The lowest BCUT2D eigenvalue weighted by atomic mass is 10.1. The number of thiazole rings is 1. The molecular weight excluding hydrogens is 644 g/mol. The second-order valence-electron chi connectivity index (χ2n) is 10.8. The highest BCUT2D eigenvalue weighted by molar-refractivity contribution is 8.00. The molecule has 0 fully saturated rings. The maximum atomic E-state index is 13.7. The fraction of sp³-hybridized carbons (Fsp3) is 0.0526. The number of thioether (sulfide) groups is 1. The standard InChI is InChI=1S/C38H29FN4O3S2/c1-24-15-20-31-33(21-24)48-38(42-31)43-37(46)34(26-9-4-2-5-10-26)47-30-14-8-13-29(23-30)40-36(45)32(22-25-16-18-28(39)19-17-25)41-35(44)27-11-6-3-7-12-27/h2-23,34H,1H3,(H,40,45)(H,41,44)(H,42,43,46)/b32-22-. The second kappa shape index (κ2) is 14.9. The van der Waals surface area contributed by atoms with Crippen LogP contribution < -0.4 is 16.0 Å². The molecule has 3 N–H and O–H groups in total. The highest BCUT2D eigenvalue weighted by Crippen LogP contribution is 2.38. The number of halogens is 1. The molecule has 0 aliphatic heterocycles. The maximum absolute atomic E-state index is 13.7. The number of carbonyl (C=O) groups is 3. The molecule has 3 amide bonds. The molecule has 0 saturated carbocycles. The van der Waals surface area contributed by atoms with Crippen LogP contribution in [-0.2, 0) is 9.59 Å². The number of amides is 3. The van der Waals surface area contributed by atoms with E-state index >= 15 is 0 Å². The van der Waals surface area contributed by atoms with Crippen molar-refractivity contribution in [1.82, 2.24) is 10.3 Å². The van der Waals surface area contributed by atoms with Crippen LogP contribution in [0.1, 0.15) is 32.3 Å². The number of hydrogen-bond donors (Lipinski definition) is 3. The van der Waals surface area contributed by atoms with Crippen molar-refractivity contribution in [2.75, 3.05) is 10.6 Å². The Hall–Kier alpha value is -5.58. The van der Waals surface area contributed by atoms with Gasteiger partial charge in [0, 0.05) is 16.1 Å². The fourth-order valence-corrected chi connectivity index (χ4v) is 6.86. The molecule has 0 aliphatic rings.